The van der Waals surface area contributed by atoms with E-state index >= 15 is 0 Å². The molecule has 1 aliphatic rings. The molecule has 0 radical (unpaired) electrons. The molecule has 24 heavy (non-hydrogen) atoms. The summed E-state index contributed by atoms with van der Waals surface area (Å²) in [6, 6.07) is 3.55. The van der Waals surface area contributed by atoms with Crippen molar-refractivity contribution >= 4 is 11.8 Å². The highest BCUT2D eigenvalue weighted by atomic mass is 16.6. The average molecular weight is 338 g/mol. The number of rotatable bonds is 4. The van der Waals surface area contributed by atoms with Gasteiger partial charge >= 0.3 is 6.09 Å². The number of fused-ring (bicyclic) bond motifs is 1. The molecular formula is C17H26N2O5. The van der Waals surface area contributed by atoms with E-state index in [0.29, 0.717) is 23.6 Å². The maximum atomic E-state index is 11.8. The molecule has 0 bridgehead atoms. The molecule has 0 spiro atoms. The molecule has 1 amide bonds. The molecule has 1 aromatic rings. The van der Waals surface area contributed by atoms with Crippen molar-refractivity contribution in [1.82, 2.24) is 5.32 Å². The first-order valence-electron chi connectivity index (χ1n) is 7.90. The molecule has 7 nitrogen and oxygen atoms in total. The van der Waals surface area contributed by atoms with Crippen molar-refractivity contribution in [2.24, 2.45) is 5.92 Å². The number of hydrogen-bond acceptors (Lipinski definition) is 6. The molecule has 0 aliphatic carbocycles. The third kappa shape index (κ3) is 4.23. The van der Waals surface area contributed by atoms with Gasteiger partial charge in [-0.15, -0.1) is 0 Å². The molecule has 134 valence electrons. The van der Waals surface area contributed by atoms with E-state index in [0.717, 1.165) is 5.69 Å². The van der Waals surface area contributed by atoms with Gasteiger partial charge in [0.05, 0.1) is 20.3 Å². The van der Waals surface area contributed by atoms with E-state index in [-0.39, 0.29) is 12.5 Å². The predicted molar refractivity (Wildman–Crippen MR) is 90.7 cm³/mol. The van der Waals surface area contributed by atoms with E-state index in [1.165, 1.54) is 0 Å². The van der Waals surface area contributed by atoms with E-state index < -0.39 is 17.8 Å². The van der Waals surface area contributed by atoms with Crippen LogP contribution in [-0.4, -0.2) is 44.1 Å². The summed E-state index contributed by atoms with van der Waals surface area (Å²) in [4.78, 5) is 11.8. The van der Waals surface area contributed by atoms with Gasteiger partial charge in [0, 0.05) is 42.4 Å². The minimum absolute atomic E-state index is 0.202. The van der Waals surface area contributed by atoms with Crippen molar-refractivity contribution in [3.63, 3.8) is 0 Å². The zero-order valence-electron chi connectivity index (χ0n) is 14.8. The number of alkyl carbamates (subject to hydrolysis) is 1. The molecule has 0 saturated heterocycles. The van der Waals surface area contributed by atoms with Crippen molar-refractivity contribution in [3.05, 3.63) is 17.7 Å². The summed E-state index contributed by atoms with van der Waals surface area (Å²) in [6.07, 6.45) is -1.26. The van der Waals surface area contributed by atoms with Crippen molar-refractivity contribution in [2.75, 3.05) is 32.6 Å². The smallest absolute Gasteiger partial charge is 0.407 e. The number of aliphatic hydroxyl groups is 1. The van der Waals surface area contributed by atoms with Gasteiger partial charge in [-0.3, -0.25) is 0 Å². The number of amides is 1. The Balaban J connectivity index is 2.09. The molecule has 0 saturated carbocycles. The minimum Gasteiger partial charge on any atom is -0.497 e. The van der Waals surface area contributed by atoms with Crippen LogP contribution in [0.4, 0.5) is 10.5 Å². The van der Waals surface area contributed by atoms with E-state index in [1.807, 2.05) is 6.07 Å². The number of ether oxygens (including phenoxy) is 3. The number of carbonyl (C=O) groups is 1. The number of hydrogen-bond donors (Lipinski definition) is 3. The largest absolute Gasteiger partial charge is 0.497 e. The van der Waals surface area contributed by atoms with Crippen LogP contribution in [0.25, 0.3) is 0 Å². The zero-order valence-corrected chi connectivity index (χ0v) is 14.8. The lowest BCUT2D eigenvalue weighted by atomic mass is 9.89. The summed E-state index contributed by atoms with van der Waals surface area (Å²) in [7, 11) is 3.12. The molecule has 3 N–H and O–H groups in total. The maximum Gasteiger partial charge on any atom is 0.407 e. The van der Waals surface area contributed by atoms with Crippen LogP contribution in [0.2, 0.25) is 0 Å². The second-order valence-corrected chi connectivity index (χ2v) is 6.76. The summed E-state index contributed by atoms with van der Waals surface area (Å²) < 4.78 is 15.8. The van der Waals surface area contributed by atoms with Crippen LogP contribution in [0.5, 0.6) is 11.5 Å². The fourth-order valence-corrected chi connectivity index (χ4v) is 2.64. The van der Waals surface area contributed by atoms with Crippen LogP contribution in [0.15, 0.2) is 12.1 Å². The Morgan fingerprint density at radius 2 is 2.04 bits per heavy atom. The van der Waals surface area contributed by atoms with Gasteiger partial charge in [0.15, 0.2) is 0 Å². The Morgan fingerprint density at radius 1 is 1.33 bits per heavy atom. The van der Waals surface area contributed by atoms with E-state index in [4.69, 9.17) is 14.2 Å². The number of carbonyl (C=O) groups excluding carboxylic acids is 1. The van der Waals surface area contributed by atoms with Crippen molar-refractivity contribution in [3.8, 4) is 11.5 Å². The van der Waals surface area contributed by atoms with E-state index in [9.17, 15) is 9.90 Å². The van der Waals surface area contributed by atoms with Crippen LogP contribution < -0.4 is 20.1 Å². The van der Waals surface area contributed by atoms with Gasteiger partial charge in [-0.1, -0.05) is 0 Å². The van der Waals surface area contributed by atoms with E-state index in [2.05, 4.69) is 10.6 Å². The Labute approximate surface area is 142 Å². The first-order valence-corrected chi connectivity index (χ1v) is 7.90. The monoisotopic (exact) mass is 338 g/mol. The molecular weight excluding hydrogens is 312 g/mol. The zero-order chi connectivity index (χ0) is 17.9. The lowest BCUT2D eigenvalue weighted by molar-refractivity contribution is 0.0486. The van der Waals surface area contributed by atoms with Gasteiger partial charge in [-0.2, -0.15) is 0 Å². The first kappa shape index (κ1) is 18.2. The topological polar surface area (TPSA) is 89.0 Å². The third-order valence-electron chi connectivity index (χ3n) is 3.78. The van der Waals surface area contributed by atoms with Crippen molar-refractivity contribution in [1.29, 1.82) is 0 Å². The van der Waals surface area contributed by atoms with Gasteiger partial charge in [-0.05, 0) is 20.8 Å². The van der Waals surface area contributed by atoms with Gasteiger partial charge in [0.1, 0.15) is 17.1 Å². The summed E-state index contributed by atoms with van der Waals surface area (Å²) in [6.45, 7) is 6.21. The summed E-state index contributed by atoms with van der Waals surface area (Å²) in [5.74, 6) is 0.995. The number of nitrogens with one attached hydrogen (secondary N) is 2. The number of aliphatic hydroxyl groups excluding tert-OH is 1. The Kier molecular flexibility index (Phi) is 5.43. The van der Waals surface area contributed by atoms with Crippen molar-refractivity contribution in [2.45, 2.75) is 32.5 Å². The molecule has 1 aromatic carbocycles. The predicted octanol–water partition coefficient (Wildman–Crippen LogP) is 2.30. The molecule has 0 aromatic heterocycles. The summed E-state index contributed by atoms with van der Waals surface area (Å²) in [5, 5.41) is 16.6. The number of methoxy groups -OCH3 is 2. The minimum atomic E-state index is -0.767. The van der Waals surface area contributed by atoms with Gasteiger partial charge in [0.25, 0.3) is 0 Å². The molecule has 2 atom stereocenters. The Morgan fingerprint density at radius 3 is 2.62 bits per heavy atom. The standard InChI is InChI=1S/C17H26N2O5/c1-17(2,3)24-16(21)19-9-10-8-18-12-6-11(22-4)7-13(23-5)14(12)15(10)20/h6-7,10,15,18,20H,8-9H2,1-5H3,(H,19,21). The highest BCUT2D eigenvalue weighted by Gasteiger charge is 2.32. The van der Waals surface area contributed by atoms with Gasteiger partial charge < -0.3 is 30.0 Å². The lowest BCUT2D eigenvalue weighted by Crippen LogP contribution is -2.40. The first-order chi connectivity index (χ1) is 11.2. The van der Waals surface area contributed by atoms with Crippen molar-refractivity contribution < 1.29 is 24.1 Å². The van der Waals surface area contributed by atoms with Gasteiger partial charge in [0.2, 0.25) is 0 Å². The molecule has 0 fully saturated rings. The second-order valence-electron chi connectivity index (χ2n) is 6.76. The fraction of sp³-hybridized carbons (Fsp3) is 0.588. The third-order valence-corrected chi connectivity index (χ3v) is 3.78. The number of benzene rings is 1. The SMILES string of the molecule is COc1cc2c(c(OC)c1)C(O)C(CNC(=O)OC(C)(C)C)CN2. The molecule has 2 unspecified atom stereocenters. The highest BCUT2D eigenvalue weighted by Crippen LogP contribution is 2.42. The maximum absolute atomic E-state index is 11.8. The quantitative estimate of drug-likeness (QED) is 0.781. The molecule has 1 aliphatic heterocycles. The van der Waals surface area contributed by atoms with E-state index in [1.54, 1.807) is 41.1 Å². The number of anilines is 1. The fourth-order valence-electron chi connectivity index (χ4n) is 2.64. The highest BCUT2D eigenvalue weighted by molar-refractivity contribution is 5.68. The second kappa shape index (κ2) is 7.17. The van der Waals surface area contributed by atoms with Crippen LogP contribution in [0.1, 0.15) is 32.4 Å². The van der Waals surface area contributed by atoms with Crippen LogP contribution >= 0.6 is 0 Å². The summed E-state index contributed by atoms with van der Waals surface area (Å²) >= 11 is 0. The Bertz CT molecular complexity index is 580. The van der Waals surface area contributed by atoms with Crippen LogP contribution in [0, 0.1) is 5.92 Å². The Hall–Kier alpha value is -2.15. The van der Waals surface area contributed by atoms with Crippen LogP contribution in [0.3, 0.4) is 0 Å². The van der Waals surface area contributed by atoms with Crippen LogP contribution in [-0.2, 0) is 4.74 Å². The average Bonchev–Trinajstić information content (AvgIpc) is 2.51. The normalized spacial score (nSPS) is 19.8. The molecule has 1 heterocycles. The lowest BCUT2D eigenvalue weighted by Gasteiger charge is -2.32. The molecule has 7 heteroatoms. The van der Waals surface area contributed by atoms with Gasteiger partial charge in [-0.25, -0.2) is 4.79 Å². The molecule has 2 rings (SSSR count). The summed E-state index contributed by atoms with van der Waals surface area (Å²) in [5.41, 5.74) is 0.882.